The molecule has 3 heterocycles. The zero-order chi connectivity index (χ0) is 21.0. The summed E-state index contributed by atoms with van der Waals surface area (Å²) >= 11 is 0. The molecule has 0 unspecified atom stereocenters. The summed E-state index contributed by atoms with van der Waals surface area (Å²) < 4.78 is 64.4. The maximum atomic E-state index is 13.2. The smallest absolute Gasteiger partial charge is 0.300 e. The molecular formula is C20H30F3N3O2S. The third-order valence-electron chi connectivity index (χ3n) is 7.04. The summed E-state index contributed by atoms with van der Waals surface area (Å²) in [6.45, 7) is 5.52. The Bertz CT molecular complexity index is 841. The molecular weight excluding hydrogens is 403 g/mol. The Morgan fingerprint density at radius 3 is 2.38 bits per heavy atom. The Morgan fingerprint density at radius 1 is 1.17 bits per heavy atom. The van der Waals surface area contributed by atoms with E-state index < -0.39 is 21.7 Å². The van der Waals surface area contributed by atoms with Crippen molar-refractivity contribution in [2.24, 2.45) is 5.41 Å². The van der Waals surface area contributed by atoms with Crippen LogP contribution in [-0.2, 0) is 16.0 Å². The van der Waals surface area contributed by atoms with Crippen LogP contribution in [0.2, 0.25) is 0 Å². The highest BCUT2D eigenvalue weighted by molar-refractivity contribution is 7.92. The van der Waals surface area contributed by atoms with Crippen LogP contribution >= 0.6 is 0 Å². The van der Waals surface area contributed by atoms with E-state index in [-0.39, 0.29) is 17.4 Å². The van der Waals surface area contributed by atoms with Gasteiger partial charge in [0.25, 0.3) is 0 Å². The van der Waals surface area contributed by atoms with Crippen molar-refractivity contribution in [1.82, 2.24) is 14.7 Å². The number of sulfone groups is 1. The van der Waals surface area contributed by atoms with Crippen molar-refractivity contribution in [2.75, 3.05) is 24.6 Å². The molecule has 1 saturated carbocycles. The zero-order valence-electron chi connectivity index (χ0n) is 17.1. The molecule has 0 N–H and O–H groups in total. The van der Waals surface area contributed by atoms with Gasteiger partial charge in [0.15, 0.2) is 15.5 Å². The van der Waals surface area contributed by atoms with E-state index in [1.54, 1.807) is 4.68 Å². The second-order valence-corrected chi connectivity index (χ2v) is 11.6. The summed E-state index contributed by atoms with van der Waals surface area (Å²) in [6.07, 6.45) is 1.20. The molecule has 1 aliphatic carbocycles. The lowest BCUT2D eigenvalue weighted by Crippen LogP contribution is -2.56. The van der Waals surface area contributed by atoms with Crippen LogP contribution in [0.1, 0.15) is 75.7 Å². The number of hydrogen-bond donors (Lipinski definition) is 0. The highest BCUT2D eigenvalue weighted by Crippen LogP contribution is 2.45. The van der Waals surface area contributed by atoms with Gasteiger partial charge < -0.3 is 4.90 Å². The fourth-order valence-electron chi connectivity index (χ4n) is 5.57. The molecule has 29 heavy (non-hydrogen) atoms. The molecule has 0 bridgehead atoms. The van der Waals surface area contributed by atoms with Gasteiger partial charge in [-0.25, -0.2) is 8.42 Å². The lowest BCUT2D eigenvalue weighted by atomic mass is 9.78. The number of rotatable bonds is 3. The maximum Gasteiger partial charge on any atom is 0.435 e. The lowest BCUT2D eigenvalue weighted by molar-refractivity contribution is -0.141. The van der Waals surface area contributed by atoms with Crippen LogP contribution in [0.3, 0.4) is 0 Å². The average Bonchev–Trinajstić information content (AvgIpc) is 3.07. The molecule has 3 aliphatic rings. The van der Waals surface area contributed by atoms with Crippen LogP contribution in [-0.4, -0.2) is 53.7 Å². The van der Waals surface area contributed by atoms with E-state index in [9.17, 15) is 21.6 Å². The quantitative estimate of drug-likeness (QED) is 0.723. The predicted molar refractivity (Wildman–Crippen MR) is 105 cm³/mol. The molecule has 9 heteroatoms. The number of hydrogen-bond acceptors (Lipinski definition) is 4. The van der Waals surface area contributed by atoms with Crippen LogP contribution in [0.25, 0.3) is 0 Å². The molecule has 3 fully saturated rings. The molecule has 2 saturated heterocycles. The molecule has 0 radical (unpaired) electrons. The van der Waals surface area contributed by atoms with Crippen LogP contribution < -0.4 is 0 Å². The molecule has 2 aliphatic heterocycles. The Balaban J connectivity index is 1.45. The maximum absolute atomic E-state index is 13.2. The van der Waals surface area contributed by atoms with Crippen molar-refractivity contribution in [3.63, 3.8) is 0 Å². The number of piperidine rings is 1. The van der Waals surface area contributed by atoms with Crippen LogP contribution in [0, 0.1) is 5.41 Å². The first kappa shape index (κ1) is 21.2. The fourth-order valence-corrected chi connectivity index (χ4v) is 7.93. The summed E-state index contributed by atoms with van der Waals surface area (Å²) in [5, 5.41) is 3.87. The highest BCUT2D eigenvalue weighted by atomic mass is 32.2. The van der Waals surface area contributed by atoms with Gasteiger partial charge in [0, 0.05) is 29.1 Å². The van der Waals surface area contributed by atoms with E-state index in [1.165, 1.54) is 6.07 Å². The van der Waals surface area contributed by atoms with E-state index in [2.05, 4.69) is 10.00 Å². The third-order valence-corrected chi connectivity index (χ3v) is 9.14. The Labute approximate surface area is 170 Å². The van der Waals surface area contributed by atoms with E-state index in [4.69, 9.17) is 0 Å². The molecule has 164 valence electrons. The van der Waals surface area contributed by atoms with E-state index in [0.29, 0.717) is 23.2 Å². The summed E-state index contributed by atoms with van der Waals surface area (Å²) in [5.41, 5.74) is -0.105. The summed E-state index contributed by atoms with van der Waals surface area (Å²) in [5.74, 6) is 0.740. The Morgan fingerprint density at radius 2 is 1.83 bits per heavy atom. The third kappa shape index (κ3) is 4.22. The summed E-state index contributed by atoms with van der Waals surface area (Å²) in [4.78, 5) is 2.45. The SMILES string of the molecule is CC(C)n1nc(C(F)(F)F)cc1[C@@H]1CCC[C@H](N2CCC3(CC2)CS(=O)(=O)C3)C1. The molecule has 0 amide bonds. The van der Waals surface area contributed by atoms with Gasteiger partial charge in [-0.1, -0.05) is 6.42 Å². The van der Waals surface area contributed by atoms with Crippen LogP contribution in [0.15, 0.2) is 6.07 Å². The van der Waals surface area contributed by atoms with Gasteiger partial charge in [0.1, 0.15) is 0 Å². The van der Waals surface area contributed by atoms with Crippen molar-refractivity contribution in [1.29, 1.82) is 0 Å². The number of nitrogens with zero attached hydrogens (tertiary/aromatic N) is 3. The first-order valence-electron chi connectivity index (χ1n) is 10.6. The second-order valence-electron chi connectivity index (χ2n) is 9.58. The first-order chi connectivity index (χ1) is 13.5. The van der Waals surface area contributed by atoms with Gasteiger partial charge in [-0.2, -0.15) is 18.3 Å². The molecule has 1 spiro atoms. The second kappa shape index (κ2) is 7.25. The zero-order valence-corrected chi connectivity index (χ0v) is 17.9. The summed E-state index contributed by atoms with van der Waals surface area (Å²) in [7, 11) is -2.82. The monoisotopic (exact) mass is 433 g/mol. The molecule has 4 rings (SSSR count). The van der Waals surface area contributed by atoms with Gasteiger partial charge in [-0.3, -0.25) is 4.68 Å². The minimum atomic E-state index is -4.42. The van der Waals surface area contributed by atoms with Crippen molar-refractivity contribution >= 4 is 9.84 Å². The molecule has 1 aromatic rings. The number of likely N-dealkylation sites (tertiary alicyclic amines) is 1. The average molecular weight is 434 g/mol. The van der Waals surface area contributed by atoms with Gasteiger partial charge in [-0.15, -0.1) is 0 Å². The van der Waals surface area contributed by atoms with E-state index in [1.807, 2.05) is 13.8 Å². The highest BCUT2D eigenvalue weighted by Gasteiger charge is 2.50. The number of alkyl halides is 3. The van der Waals surface area contributed by atoms with Crippen LogP contribution in [0.5, 0.6) is 0 Å². The molecule has 5 nitrogen and oxygen atoms in total. The van der Waals surface area contributed by atoms with E-state index in [0.717, 1.165) is 51.6 Å². The van der Waals surface area contributed by atoms with Gasteiger partial charge in [-0.05, 0) is 65.1 Å². The first-order valence-corrected chi connectivity index (χ1v) is 12.4. The van der Waals surface area contributed by atoms with Crippen molar-refractivity contribution < 1.29 is 21.6 Å². The van der Waals surface area contributed by atoms with Gasteiger partial charge in [0.05, 0.1) is 11.5 Å². The van der Waals surface area contributed by atoms with Gasteiger partial charge in [0.2, 0.25) is 0 Å². The van der Waals surface area contributed by atoms with Crippen molar-refractivity contribution in [2.45, 2.75) is 76.6 Å². The largest absolute Gasteiger partial charge is 0.435 e. The predicted octanol–water partition coefficient (Wildman–Crippen LogP) is 4.02. The van der Waals surface area contributed by atoms with E-state index >= 15 is 0 Å². The van der Waals surface area contributed by atoms with Crippen LogP contribution in [0.4, 0.5) is 13.2 Å². The minimum absolute atomic E-state index is 0.0126. The number of aromatic nitrogens is 2. The van der Waals surface area contributed by atoms with Crippen molar-refractivity contribution in [3.8, 4) is 0 Å². The molecule has 2 atom stereocenters. The lowest BCUT2D eigenvalue weighted by Gasteiger charge is -2.49. The van der Waals surface area contributed by atoms with Crippen molar-refractivity contribution in [3.05, 3.63) is 17.5 Å². The summed E-state index contributed by atoms with van der Waals surface area (Å²) in [6, 6.07) is 1.49. The number of halogens is 3. The molecule has 1 aromatic heterocycles. The Kier molecular flexibility index (Phi) is 5.29. The standard InChI is InChI=1S/C20H30F3N3O2S/c1-14(2)26-17(11-18(24-26)20(21,22)23)15-4-3-5-16(10-15)25-8-6-19(7-9-25)12-29(27,28)13-19/h11,14-16H,3-10,12-13H2,1-2H3/t15-,16+/m1/s1. The topological polar surface area (TPSA) is 55.2 Å². The Hall–Kier alpha value is -1.09. The minimum Gasteiger partial charge on any atom is -0.300 e. The normalized spacial score (nSPS) is 29.9. The van der Waals surface area contributed by atoms with Gasteiger partial charge >= 0.3 is 6.18 Å². The fraction of sp³-hybridized carbons (Fsp3) is 0.850. The molecule has 0 aromatic carbocycles.